The van der Waals surface area contributed by atoms with Gasteiger partial charge in [-0.1, -0.05) is 276 Å². The molecule has 0 saturated carbocycles. The quantitative estimate of drug-likeness (QED) is 0.0345. The number of Topliss-reactive ketones (excluding diaryl/α,β-unsaturated/α-hetero) is 1. The van der Waals surface area contributed by atoms with Crippen molar-refractivity contribution in [1.29, 1.82) is 5.26 Å². The summed E-state index contributed by atoms with van der Waals surface area (Å²) in [6.45, 7) is 106. The van der Waals surface area contributed by atoms with E-state index in [1.807, 2.05) is 152 Å². The van der Waals surface area contributed by atoms with Crippen molar-refractivity contribution in [2.45, 2.75) is 370 Å². The van der Waals surface area contributed by atoms with Crippen LogP contribution in [-0.2, 0) is 38.3 Å². The van der Waals surface area contributed by atoms with Crippen LogP contribution in [0.4, 0.5) is 0 Å². The molecular weight excluding hydrogens is 1790 g/mol. The maximum absolute atomic E-state index is 12.8. The summed E-state index contributed by atoms with van der Waals surface area (Å²) in [7, 11) is 14.4. The number of amides is 5. The number of nitrogens with zero attached hydrogens (tertiary/aromatic N) is 8. The first-order chi connectivity index (χ1) is 59.3. The molecule has 1 saturated heterocycles. The van der Waals surface area contributed by atoms with E-state index in [-0.39, 0.29) is 62.1 Å². The fourth-order valence-electron chi connectivity index (χ4n) is 12.3. The largest absolute Gasteiger partial charge is 0.465 e. The van der Waals surface area contributed by atoms with Gasteiger partial charge < -0.3 is 44.4 Å². The number of hydrogen-bond acceptors (Lipinski definition) is 19. The minimum absolute atomic E-state index is 0.0637. The lowest BCUT2D eigenvalue weighted by Gasteiger charge is -2.31. The van der Waals surface area contributed by atoms with Crippen LogP contribution >= 0.6 is 82.3 Å². The van der Waals surface area contributed by atoms with E-state index in [1.165, 1.54) is 6.42 Å². The molecule has 24 heteroatoms. The Morgan fingerprint density at radius 2 is 0.767 bits per heavy atom. The average Bonchev–Trinajstić information content (AvgIpc) is 1.72. The van der Waals surface area contributed by atoms with Crippen LogP contribution in [0.15, 0.2) is 12.7 Å². The molecule has 133 heavy (non-hydrogen) atoms. The Morgan fingerprint density at radius 3 is 1.06 bits per heavy atom. The number of likely N-dealkylation sites (tertiary alicyclic amines) is 1. The van der Waals surface area contributed by atoms with Crippen LogP contribution in [-0.4, -0.2) is 282 Å². The van der Waals surface area contributed by atoms with Crippen molar-refractivity contribution in [3.63, 3.8) is 0 Å². The normalized spacial score (nSPS) is 14.8. The minimum Gasteiger partial charge on any atom is -0.465 e. The number of nitriles is 1. The molecule has 1 N–H and O–H groups in total. The highest BCUT2D eigenvalue weighted by atomic mass is 32.2. The first-order valence-electron chi connectivity index (χ1n) is 49.5. The van der Waals surface area contributed by atoms with Gasteiger partial charge in [-0.25, -0.2) is 0 Å². The van der Waals surface area contributed by atoms with E-state index in [4.69, 9.17) is 10.00 Å². The van der Waals surface area contributed by atoms with Crippen LogP contribution in [0.25, 0.3) is 0 Å². The van der Waals surface area contributed by atoms with E-state index in [0.717, 1.165) is 122 Å². The monoisotopic (exact) mass is 2010 g/mol. The highest BCUT2D eigenvalue weighted by Crippen LogP contribution is 2.36. The van der Waals surface area contributed by atoms with Crippen molar-refractivity contribution >= 4 is 124 Å². The Kier molecular flexibility index (Phi) is 71.2. The zero-order chi connectivity index (χ0) is 106. The second kappa shape index (κ2) is 66.8. The van der Waals surface area contributed by atoms with Gasteiger partial charge in [0.2, 0.25) is 29.5 Å². The van der Waals surface area contributed by atoms with Gasteiger partial charge in [0.15, 0.2) is 5.78 Å². The van der Waals surface area contributed by atoms with Crippen LogP contribution in [0.5, 0.6) is 0 Å². The fourth-order valence-corrected chi connectivity index (χ4v) is 20.8. The van der Waals surface area contributed by atoms with Crippen molar-refractivity contribution < 1.29 is 38.3 Å². The van der Waals surface area contributed by atoms with Gasteiger partial charge in [0.05, 0.1) is 19.1 Å². The molecule has 17 nitrogen and oxygen atoms in total. The maximum atomic E-state index is 12.8. The molecular formula is C109H219N9O8S7. The number of hydrogen-bond donors (Lipinski definition) is 1. The van der Waals surface area contributed by atoms with E-state index in [0.29, 0.717) is 129 Å². The van der Waals surface area contributed by atoms with Gasteiger partial charge in [0.1, 0.15) is 5.92 Å². The molecule has 0 aromatic rings. The summed E-state index contributed by atoms with van der Waals surface area (Å²) in [5, 5.41) is 13.1. The van der Waals surface area contributed by atoms with Gasteiger partial charge in [-0.05, 0) is 200 Å². The third kappa shape index (κ3) is 100.0. The molecule has 0 aromatic heterocycles. The first-order valence-corrected chi connectivity index (χ1v) is 57.3. The molecule has 790 valence electrons. The van der Waals surface area contributed by atoms with Crippen molar-refractivity contribution in [3.8, 4) is 6.07 Å². The van der Waals surface area contributed by atoms with Crippen LogP contribution in [0, 0.1) is 93.6 Å². The minimum atomic E-state index is -0.442. The number of nitrogens with one attached hydrogen (secondary N) is 1. The highest BCUT2D eigenvalue weighted by Gasteiger charge is 2.35. The third-order valence-corrected chi connectivity index (χ3v) is 30.0. The fraction of sp³-hybridized carbons (Fsp3) is 0.908. The molecule has 1 aliphatic rings. The Bertz CT molecular complexity index is 3190. The summed E-state index contributed by atoms with van der Waals surface area (Å²) >= 11 is 13.2. The summed E-state index contributed by atoms with van der Waals surface area (Å²) in [4.78, 5) is 99.3. The summed E-state index contributed by atoms with van der Waals surface area (Å²) < 4.78 is 5.19. The van der Waals surface area contributed by atoms with Crippen LogP contribution in [0.2, 0.25) is 0 Å². The van der Waals surface area contributed by atoms with E-state index in [2.05, 4.69) is 336 Å². The maximum Gasteiger partial charge on any atom is 0.306 e. The van der Waals surface area contributed by atoms with Gasteiger partial charge in [-0.2, -0.15) is 87.6 Å². The summed E-state index contributed by atoms with van der Waals surface area (Å²) in [6, 6.07) is 2.14. The molecule has 0 aromatic carbocycles. The predicted octanol–water partition coefficient (Wildman–Crippen LogP) is 26.5. The lowest BCUT2D eigenvalue weighted by molar-refractivity contribution is -0.146. The lowest BCUT2D eigenvalue weighted by atomic mass is 9.80. The molecule has 0 bridgehead atoms. The summed E-state index contributed by atoms with van der Waals surface area (Å²) in [5.74, 6) is 12.8. The number of ether oxygens (including phenoxy) is 1. The predicted molar refractivity (Wildman–Crippen MR) is 603 cm³/mol. The zero-order valence-corrected chi connectivity index (χ0v) is 102. The summed E-state index contributed by atoms with van der Waals surface area (Å²) in [5.41, 5.74) is 2.53. The third-order valence-electron chi connectivity index (χ3n) is 18.3. The number of esters is 1. The van der Waals surface area contributed by atoms with E-state index in [1.54, 1.807) is 0 Å². The molecule has 0 aliphatic carbocycles. The molecule has 0 spiro atoms. The Balaban J connectivity index is -0.000000355. The Labute approximate surface area is 856 Å². The zero-order valence-electron chi connectivity index (χ0n) is 96.6. The number of thioether (sulfide) groups is 7. The molecule has 1 rings (SSSR count). The second-order valence-corrected chi connectivity index (χ2v) is 62.6. The van der Waals surface area contributed by atoms with Crippen LogP contribution < -0.4 is 5.32 Å². The number of rotatable bonds is 42. The van der Waals surface area contributed by atoms with Crippen molar-refractivity contribution in [2.75, 3.05) is 185 Å². The number of carbonyl (C=O) groups is 7. The Morgan fingerprint density at radius 1 is 0.436 bits per heavy atom. The highest BCUT2D eigenvalue weighted by molar-refractivity contribution is 8.01. The first kappa shape index (κ1) is 142. The lowest BCUT2D eigenvalue weighted by Crippen LogP contribution is -2.40. The number of carbonyl (C=O) groups excluding carboxylic acids is 7. The average molecular weight is 2010 g/mol. The van der Waals surface area contributed by atoms with Crippen LogP contribution in [0.3, 0.4) is 0 Å². The van der Waals surface area contributed by atoms with Gasteiger partial charge in [0, 0.05) is 149 Å². The molecule has 1 fully saturated rings. The molecule has 1 heterocycles. The SMILES string of the molecule is C=CCN(CC(C)(C)C)C(=O)CC(CN(C)C)SCC(C)(C)C.CC(C)(C)COC(=O)CCSCC(C)(C)C.CC(C)(C)CSCCC(=O)N1CCC(C(C)(C)C)C1.CC(C)(C)CSCCC(=O)NC(C)(C)C.CC(C)(C)CSCCC(C#N)C(=O)C(C)(C)C.CCN(CC(C)(C)C)C(=O)CC(CN(C)C)SCC(C)(C)C.CN(C)CC(CC(=O)N(C)CC(C)(C)C)SCC(C)(C)C. The topological polar surface area (TPSA) is 187 Å². The van der Waals surface area contributed by atoms with Crippen molar-refractivity contribution in [3.05, 3.63) is 12.7 Å². The molecule has 5 amide bonds. The second-order valence-electron chi connectivity index (χ2n) is 54.3. The van der Waals surface area contributed by atoms with Gasteiger partial charge in [-0.15, -0.1) is 6.58 Å². The van der Waals surface area contributed by atoms with E-state index in [9.17, 15) is 33.6 Å². The smallest absolute Gasteiger partial charge is 0.306 e. The van der Waals surface area contributed by atoms with Crippen molar-refractivity contribution in [1.82, 2.24) is 39.6 Å². The van der Waals surface area contributed by atoms with Crippen molar-refractivity contribution in [2.24, 2.45) is 82.2 Å². The molecule has 0 radical (unpaired) electrons. The van der Waals surface area contributed by atoms with Gasteiger partial charge >= 0.3 is 5.97 Å². The van der Waals surface area contributed by atoms with Gasteiger partial charge in [-0.3, -0.25) is 33.6 Å². The van der Waals surface area contributed by atoms with Gasteiger partial charge in [0.25, 0.3) is 0 Å². The van der Waals surface area contributed by atoms with Crippen LogP contribution in [0.1, 0.15) is 349 Å². The standard InChI is InChI=1S/C19H38N2OS.C18H38N2OS.C17H36N2OS.C16H31NOS.C14H25NOS.C13H26O2S.C12H25NOS/c1-10-11-21(14-18(2,3)4)17(22)12-16(13-20(8)9)23-15-19(5,6)7;1-10-20(13-17(2,3)4)16(21)11-15(12-19(8)9)22-14-18(5,6)7;1-16(2,3)12-19(9)15(20)10-14(11-18(7)8)21-13-17(4,5)6;1-15(2,3)12-19-10-8-14(18)17-9-7-13(11-17)16(4,5)6;1-13(2,3)10-17-8-7-11(9-15)12(16)14(4,5)6;1-12(2,3)9-15-11(14)7-8-16-10-13(4,5)6;1-11(2,3)9-15-8-7-10(14)13-12(4,5)6/h10,16H,1,11-15H2,2-9H3;15H,10-14H2,1-9H3;14H,10-13H2,1-9H3;13H,7-12H2,1-6H3;11H,7-8,10H2,1-6H3;7-10H2,1-6H3;7-9H2,1-6H3,(H,13,14). The van der Waals surface area contributed by atoms with E-state index >= 15 is 0 Å². The summed E-state index contributed by atoms with van der Waals surface area (Å²) in [6.07, 6.45) is 7.40. The molecule has 1 aliphatic heterocycles. The number of ketones is 1. The molecule has 5 atom stereocenters. The molecule has 5 unspecified atom stereocenters. The Hall–Kier alpha value is -1.95. The van der Waals surface area contributed by atoms with E-state index < -0.39 is 11.3 Å².